The van der Waals surface area contributed by atoms with Gasteiger partial charge in [-0.2, -0.15) is 5.48 Å². The van der Waals surface area contributed by atoms with Gasteiger partial charge in [0.15, 0.2) is 0 Å². The molecular weight excluding hydrogens is 318 g/mol. The monoisotopic (exact) mass is 359 g/mol. The van der Waals surface area contributed by atoms with Gasteiger partial charge in [0.2, 0.25) is 0 Å². The second-order valence-corrected chi connectivity index (χ2v) is 6.71. The summed E-state index contributed by atoms with van der Waals surface area (Å²) in [6, 6.07) is 0.105. The van der Waals surface area contributed by atoms with Gasteiger partial charge < -0.3 is 19.9 Å². The molecule has 25 heavy (non-hydrogen) atoms. The molecule has 0 aliphatic carbocycles. The number of hydroxylamine groups is 1. The maximum absolute atomic E-state index is 6.10. The second kappa shape index (κ2) is 16.9. The standard InChI is InChI=1S/C18H41N5O2/c1-7-9-17(21-25-15-8-2)18(20-11-14-23(5)6)24-16-12-19-10-13-22(3)4/h8,17-21H,2,7,9-16H2,1,3-6H3. The van der Waals surface area contributed by atoms with Gasteiger partial charge in [-0.05, 0) is 34.6 Å². The fourth-order valence-corrected chi connectivity index (χ4v) is 2.23. The smallest absolute Gasteiger partial charge is 0.126 e. The van der Waals surface area contributed by atoms with E-state index in [4.69, 9.17) is 9.57 Å². The Kier molecular flexibility index (Phi) is 16.5. The van der Waals surface area contributed by atoms with Crippen LogP contribution in [-0.2, 0) is 9.57 Å². The van der Waals surface area contributed by atoms with Crippen molar-refractivity contribution in [1.82, 2.24) is 25.9 Å². The average Bonchev–Trinajstić information content (AvgIpc) is 2.55. The van der Waals surface area contributed by atoms with Crippen LogP contribution < -0.4 is 16.1 Å². The van der Waals surface area contributed by atoms with E-state index in [1.165, 1.54) is 0 Å². The van der Waals surface area contributed by atoms with E-state index in [-0.39, 0.29) is 12.3 Å². The third kappa shape index (κ3) is 15.4. The van der Waals surface area contributed by atoms with Crippen molar-refractivity contribution in [2.75, 3.05) is 74.1 Å². The van der Waals surface area contributed by atoms with Gasteiger partial charge in [-0.15, -0.1) is 6.58 Å². The van der Waals surface area contributed by atoms with Crippen molar-refractivity contribution < 1.29 is 9.57 Å². The number of hydrogen-bond donors (Lipinski definition) is 3. The van der Waals surface area contributed by atoms with Crippen LogP contribution >= 0.6 is 0 Å². The molecule has 7 nitrogen and oxygen atoms in total. The zero-order valence-corrected chi connectivity index (χ0v) is 17.0. The molecule has 0 aliphatic rings. The minimum atomic E-state index is -0.0830. The topological polar surface area (TPSA) is 61.0 Å². The molecule has 0 saturated carbocycles. The average molecular weight is 360 g/mol. The Morgan fingerprint density at radius 1 is 1.04 bits per heavy atom. The van der Waals surface area contributed by atoms with Crippen molar-refractivity contribution >= 4 is 0 Å². The highest BCUT2D eigenvalue weighted by Gasteiger charge is 2.21. The summed E-state index contributed by atoms with van der Waals surface area (Å²) in [6.45, 7) is 11.7. The van der Waals surface area contributed by atoms with Gasteiger partial charge >= 0.3 is 0 Å². The van der Waals surface area contributed by atoms with E-state index in [2.05, 4.69) is 67.6 Å². The van der Waals surface area contributed by atoms with Crippen LogP contribution in [0.2, 0.25) is 0 Å². The minimum absolute atomic E-state index is 0.0830. The first kappa shape index (κ1) is 24.5. The maximum Gasteiger partial charge on any atom is 0.126 e. The number of nitrogens with zero attached hydrogens (tertiary/aromatic N) is 2. The highest BCUT2D eigenvalue weighted by atomic mass is 16.6. The van der Waals surface area contributed by atoms with E-state index in [1.807, 2.05) is 0 Å². The molecule has 2 unspecified atom stereocenters. The molecule has 0 amide bonds. The van der Waals surface area contributed by atoms with Crippen molar-refractivity contribution in [3.05, 3.63) is 12.7 Å². The van der Waals surface area contributed by atoms with Crippen LogP contribution in [0.15, 0.2) is 12.7 Å². The molecule has 0 rings (SSSR count). The van der Waals surface area contributed by atoms with E-state index >= 15 is 0 Å². The largest absolute Gasteiger partial charge is 0.360 e. The molecule has 150 valence electrons. The third-order valence-electron chi connectivity index (χ3n) is 3.62. The Bertz CT molecular complexity index is 303. The van der Waals surface area contributed by atoms with Crippen LogP contribution in [0.25, 0.3) is 0 Å². The summed E-state index contributed by atoms with van der Waals surface area (Å²) in [6.07, 6.45) is 3.69. The Morgan fingerprint density at radius 2 is 1.72 bits per heavy atom. The van der Waals surface area contributed by atoms with Gasteiger partial charge in [0.05, 0.1) is 19.3 Å². The highest BCUT2D eigenvalue weighted by molar-refractivity contribution is 4.74. The van der Waals surface area contributed by atoms with Gasteiger partial charge in [-0.3, -0.25) is 10.2 Å². The number of rotatable bonds is 18. The molecule has 0 heterocycles. The Morgan fingerprint density at radius 3 is 2.32 bits per heavy atom. The summed E-state index contributed by atoms with van der Waals surface area (Å²) in [5.41, 5.74) is 3.13. The van der Waals surface area contributed by atoms with Crippen molar-refractivity contribution in [1.29, 1.82) is 0 Å². The molecule has 0 aliphatic heterocycles. The lowest BCUT2D eigenvalue weighted by atomic mass is 10.1. The Hall–Kier alpha value is -0.540. The van der Waals surface area contributed by atoms with Gasteiger partial charge in [-0.25, -0.2) is 0 Å². The molecule has 0 aromatic carbocycles. The first-order valence-electron chi connectivity index (χ1n) is 9.34. The molecule has 0 saturated heterocycles. The zero-order chi connectivity index (χ0) is 18.9. The number of likely N-dealkylation sites (N-methyl/N-ethyl adjacent to an activating group) is 2. The minimum Gasteiger partial charge on any atom is -0.360 e. The van der Waals surface area contributed by atoms with Crippen LogP contribution in [0, 0.1) is 0 Å². The van der Waals surface area contributed by atoms with Crippen LogP contribution in [0.3, 0.4) is 0 Å². The summed E-state index contributed by atoms with van der Waals surface area (Å²) >= 11 is 0. The van der Waals surface area contributed by atoms with E-state index < -0.39 is 0 Å². The van der Waals surface area contributed by atoms with E-state index in [0.717, 1.165) is 45.6 Å². The van der Waals surface area contributed by atoms with Crippen LogP contribution in [0.4, 0.5) is 0 Å². The predicted octanol–water partition coefficient (Wildman–Crippen LogP) is 0.507. The van der Waals surface area contributed by atoms with Crippen molar-refractivity contribution in [2.45, 2.75) is 32.0 Å². The maximum atomic E-state index is 6.10. The molecule has 0 radical (unpaired) electrons. The van der Waals surface area contributed by atoms with Gasteiger partial charge in [0.25, 0.3) is 0 Å². The highest BCUT2D eigenvalue weighted by Crippen LogP contribution is 2.05. The second-order valence-electron chi connectivity index (χ2n) is 6.71. The van der Waals surface area contributed by atoms with Crippen LogP contribution in [-0.4, -0.2) is 96.2 Å². The van der Waals surface area contributed by atoms with Crippen molar-refractivity contribution in [3.63, 3.8) is 0 Å². The van der Waals surface area contributed by atoms with Crippen molar-refractivity contribution in [2.24, 2.45) is 0 Å². The predicted molar refractivity (Wildman–Crippen MR) is 106 cm³/mol. The zero-order valence-electron chi connectivity index (χ0n) is 17.0. The van der Waals surface area contributed by atoms with Gasteiger partial charge in [-0.1, -0.05) is 19.4 Å². The lowest BCUT2D eigenvalue weighted by molar-refractivity contribution is -0.0564. The van der Waals surface area contributed by atoms with E-state index in [1.54, 1.807) is 6.08 Å². The lowest BCUT2D eigenvalue weighted by Crippen LogP contribution is -2.51. The quantitative estimate of drug-likeness (QED) is 0.143. The van der Waals surface area contributed by atoms with Crippen LogP contribution in [0.5, 0.6) is 0 Å². The lowest BCUT2D eigenvalue weighted by Gasteiger charge is -2.29. The summed E-state index contributed by atoms with van der Waals surface area (Å²) in [7, 11) is 8.29. The van der Waals surface area contributed by atoms with E-state index in [0.29, 0.717) is 13.2 Å². The molecule has 0 fully saturated rings. The van der Waals surface area contributed by atoms with Crippen molar-refractivity contribution in [3.8, 4) is 0 Å². The summed E-state index contributed by atoms with van der Waals surface area (Å²) in [5, 5.41) is 6.91. The van der Waals surface area contributed by atoms with E-state index in [9.17, 15) is 0 Å². The molecule has 0 aromatic rings. The fraction of sp³-hybridized carbons (Fsp3) is 0.889. The summed E-state index contributed by atoms with van der Waals surface area (Å²) in [4.78, 5) is 9.78. The number of nitrogens with one attached hydrogen (secondary N) is 3. The molecule has 7 heteroatoms. The molecule has 0 spiro atoms. The van der Waals surface area contributed by atoms with Gasteiger partial charge in [0.1, 0.15) is 6.23 Å². The summed E-state index contributed by atoms with van der Waals surface area (Å²) < 4.78 is 6.10. The Balaban J connectivity index is 4.34. The Labute approximate surface area is 155 Å². The first-order valence-corrected chi connectivity index (χ1v) is 9.34. The van der Waals surface area contributed by atoms with Crippen LogP contribution in [0.1, 0.15) is 19.8 Å². The molecular formula is C18H41N5O2. The molecule has 3 N–H and O–H groups in total. The fourth-order valence-electron chi connectivity index (χ4n) is 2.23. The first-order chi connectivity index (χ1) is 12.0. The van der Waals surface area contributed by atoms with Gasteiger partial charge in [0, 0.05) is 32.7 Å². The molecule has 0 bridgehead atoms. The molecule has 2 atom stereocenters. The SMILES string of the molecule is C=CCONC(CCC)C(NCCN(C)C)OCCNCCN(C)C. The summed E-state index contributed by atoms with van der Waals surface area (Å²) in [5.74, 6) is 0. The third-order valence-corrected chi connectivity index (χ3v) is 3.62. The number of hydrogen-bond acceptors (Lipinski definition) is 7. The number of ether oxygens (including phenoxy) is 1. The molecule has 0 aromatic heterocycles. The normalized spacial score (nSPS) is 14.2.